The lowest BCUT2D eigenvalue weighted by atomic mass is 10.2. The highest BCUT2D eigenvalue weighted by molar-refractivity contribution is 9.10. The summed E-state index contributed by atoms with van der Waals surface area (Å²) in [5.41, 5.74) is 5.59. The van der Waals surface area contributed by atoms with E-state index in [4.69, 9.17) is 34.3 Å². The molecule has 0 atom stereocenters. The number of benzene rings is 2. The van der Waals surface area contributed by atoms with Crippen LogP contribution in [-0.4, -0.2) is 4.99 Å². The average molecular weight is 361 g/mol. The summed E-state index contributed by atoms with van der Waals surface area (Å²) >= 11 is 14.0. The average Bonchev–Trinajstić information content (AvgIpc) is 2.32. The van der Waals surface area contributed by atoms with Crippen molar-refractivity contribution in [1.29, 1.82) is 0 Å². The van der Waals surface area contributed by atoms with E-state index in [-0.39, 0.29) is 16.3 Å². The van der Waals surface area contributed by atoms with Crippen LogP contribution in [0.2, 0.25) is 5.02 Å². The summed E-state index contributed by atoms with van der Waals surface area (Å²) in [6, 6.07) is 9.41. The van der Waals surface area contributed by atoms with Gasteiger partial charge >= 0.3 is 0 Å². The maximum absolute atomic E-state index is 13.7. The third kappa shape index (κ3) is 3.23. The first kappa shape index (κ1) is 14.2. The summed E-state index contributed by atoms with van der Waals surface area (Å²) in [4.78, 5) is -0.0572. The number of thiocarbonyl (C=S) groups is 1. The zero-order chi connectivity index (χ0) is 14.0. The molecular weight excluding hydrogens is 353 g/mol. The van der Waals surface area contributed by atoms with Crippen LogP contribution in [0.25, 0.3) is 0 Å². The van der Waals surface area contributed by atoms with Gasteiger partial charge in [0.1, 0.15) is 22.3 Å². The van der Waals surface area contributed by atoms with E-state index in [2.05, 4.69) is 15.9 Å². The van der Waals surface area contributed by atoms with E-state index < -0.39 is 5.82 Å². The molecule has 2 nitrogen and oxygen atoms in total. The Balaban J connectivity index is 2.44. The van der Waals surface area contributed by atoms with Crippen LogP contribution in [0, 0.1) is 5.82 Å². The lowest BCUT2D eigenvalue weighted by Gasteiger charge is -2.12. The highest BCUT2D eigenvalue weighted by Gasteiger charge is 2.14. The van der Waals surface area contributed by atoms with Gasteiger partial charge in [-0.3, -0.25) is 0 Å². The second-order valence-corrected chi connectivity index (χ2v) is 5.38. The Morgan fingerprint density at radius 3 is 2.63 bits per heavy atom. The molecule has 0 heterocycles. The molecule has 0 aromatic heterocycles. The fourth-order valence-electron chi connectivity index (χ4n) is 1.50. The summed E-state index contributed by atoms with van der Waals surface area (Å²) < 4.78 is 20.0. The lowest BCUT2D eigenvalue weighted by Crippen LogP contribution is -2.13. The van der Waals surface area contributed by atoms with E-state index in [1.807, 2.05) is 0 Å². The molecule has 0 unspecified atom stereocenters. The summed E-state index contributed by atoms with van der Waals surface area (Å²) in [5.74, 6) is 0.234. The maximum atomic E-state index is 13.7. The monoisotopic (exact) mass is 359 g/mol. The Labute approximate surface area is 128 Å². The summed E-state index contributed by atoms with van der Waals surface area (Å²) in [7, 11) is 0. The van der Waals surface area contributed by atoms with Crippen LogP contribution >= 0.6 is 39.7 Å². The normalized spacial score (nSPS) is 10.3. The van der Waals surface area contributed by atoms with Gasteiger partial charge in [0.05, 0.1) is 10.0 Å². The lowest BCUT2D eigenvalue weighted by molar-refractivity contribution is 0.472. The summed E-state index contributed by atoms with van der Waals surface area (Å²) in [5, 5.41) is 0.563. The van der Waals surface area contributed by atoms with Gasteiger partial charge in [-0.15, -0.1) is 0 Å². The Bertz CT molecular complexity index is 651. The van der Waals surface area contributed by atoms with E-state index in [1.54, 1.807) is 24.3 Å². The molecule has 2 rings (SSSR count). The molecule has 19 heavy (non-hydrogen) atoms. The molecule has 2 aromatic rings. The van der Waals surface area contributed by atoms with Crippen LogP contribution in [0.1, 0.15) is 5.56 Å². The van der Waals surface area contributed by atoms with Gasteiger partial charge in [0.15, 0.2) is 0 Å². The number of ether oxygens (including phenoxy) is 1. The first-order valence-electron chi connectivity index (χ1n) is 5.20. The Morgan fingerprint density at radius 1 is 1.26 bits per heavy atom. The highest BCUT2D eigenvalue weighted by Crippen LogP contribution is 2.33. The Kier molecular flexibility index (Phi) is 4.39. The largest absolute Gasteiger partial charge is 0.455 e. The van der Waals surface area contributed by atoms with Gasteiger partial charge in [0.2, 0.25) is 0 Å². The van der Waals surface area contributed by atoms with Crippen molar-refractivity contribution in [2.75, 3.05) is 0 Å². The molecule has 2 aromatic carbocycles. The van der Waals surface area contributed by atoms with Crippen molar-refractivity contribution in [3.05, 3.63) is 57.3 Å². The standard InChI is InChI=1S/C13H8BrClFNOS/c14-8-6-7(15)4-5-10(8)18-11-3-1-2-9(16)12(11)13(17)19/h1-6H,(H2,17,19). The fourth-order valence-corrected chi connectivity index (χ4v) is 2.47. The zero-order valence-electron chi connectivity index (χ0n) is 9.49. The molecule has 0 fully saturated rings. The predicted octanol–water partition coefficient (Wildman–Crippen LogP) is 4.67. The van der Waals surface area contributed by atoms with Gasteiger partial charge in [-0.25, -0.2) is 4.39 Å². The van der Waals surface area contributed by atoms with E-state index >= 15 is 0 Å². The van der Waals surface area contributed by atoms with E-state index in [1.165, 1.54) is 12.1 Å². The van der Waals surface area contributed by atoms with Gasteiger partial charge in [-0.2, -0.15) is 0 Å². The van der Waals surface area contributed by atoms with Crippen LogP contribution < -0.4 is 10.5 Å². The van der Waals surface area contributed by atoms with Crippen molar-refractivity contribution in [3.63, 3.8) is 0 Å². The van der Waals surface area contributed by atoms with Crippen LogP contribution in [0.3, 0.4) is 0 Å². The van der Waals surface area contributed by atoms with Crippen molar-refractivity contribution in [2.45, 2.75) is 0 Å². The number of rotatable bonds is 3. The van der Waals surface area contributed by atoms with E-state index in [9.17, 15) is 4.39 Å². The SMILES string of the molecule is NC(=S)c1c(F)cccc1Oc1ccc(Cl)cc1Br. The number of halogens is 3. The smallest absolute Gasteiger partial charge is 0.141 e. The first-order chi connectivity index (χ1) is 8.99. The summed E-state index contributed by atoms with van der Waals surface area (Å²) in [6.07, 6.45) is 0. The van der Waals surface area contributed by atoms with Gasteiger partial charge in [0, 0.05) is 5.02 Å². The second kappa shape index (κ2) is 5.86. The Hall–Kier alpha value is -1.17. The first-order valence-corrected chi connectivity index (χ1v) is 6.78. The molecule has 6 heteroatoms. The van der Waals surface area contributed by atoms with Crippen molar-refractivity contribution in [2.24, 2.45) is 5.73 Å². The number of hydrogen-bond acceptors (Lipinski definition) is 2. The molecule has 0 spiro atoms. The molecule has 0 aliphatic heterocycles. The topological polar surface area (TPSA) is 35.2 Å². The quantitative estimate of drug-likeness (QED) is 0.808. The van der Waals surface area contributed by atoms with Crippen molar-refractivity contribution >= 4 is 44.7 Å². The zero-order valence-corrected chi connectivity index (χ0v) is 12.7. The van der Waals surface area contributed by atoms with Crippen molar-refractivity contribution < 1.29 is 9.13 Å². The van der Waals surface area contributed by atoms with Crippen molar-refractivity contribution in [1.82, 2.24) is 0 Å². The predicted molar refractivity (Wildman–Crippen MR) is 81.5 cm³/mol. The van der Waals surface area contributed by atoms with Crippen LogP contribution in [0.15, 0.2) is 40.9 Å². The van der Waals surface area contributed by atoms with E-state index in [0.29, 0.717) is 15.2 Å². The molecule has 0 bridgehead atoms. The molecule has 98 valence electrons. The molecule has 0 saturated heterocycles. The number of nitrogens with two attached hydrogens (primary N) is 1. The number of hydrogen-bond donors (Lipinski definition) is 1. The van der Waals surface area contributed by atoms with Gasteiger partial charge in [-0.05, 0) is 46.3 Å². The minimum atomic E-state index is -0.518. The fraction of sp³-hybridized carbons (Fsp3) is 0. The molecule has 0 amide bonds. The third-order valence-corrected chi connectivity index (χ3v) is 3.39. The van der Waals surface area contributed by atoms with Crippen LogP contribution in [-0.2, 0) is 0 Å². The summed E-state index contributed by atoms with van der Waals surface area (Å²) in [6.45, 7) is 0. The van der Waals surface area contributed by atoms with Crippen LogP contribution in [0.4, 0.5) is 4.39 Å². The van der Waals surface area contributed by atoms with Crippen molar-refractivity contribution in [3.8, 4) is 11.5 Å². The molecule has 2 N–H and O–H groups in total. The van der Waals surface area contributed by atoms with Crippen LogP contribution in [0.5, 0.6) is 11.5 Å². The highest BCUT2D eigenvalue weighted by atomic mass is 79.9. The van der Waals surface area contributed by atoms with E-state index in [0.717, 1.165) is 0 Å². The molecule has 0 radical (unpaired) electrons. The van der Waals surface area contributed by atoms with Gasteiger partial charge in [0.25, 0.3) is 0 Å². The minimum Gasteiger partial charge on any atom is -0.455 e. The minimum absolute atomic E-state index is 0.0572. The van der Waals surface area contributed by atoms with Gasteiger partial charge in [-0.1, -0.05) is 29.9 Å². The second-order valence-electron chi connectivity index (χ2n) is 3.65. The molecule has 0 saturated carbocycles. The third-order valence-electron chi connectivity index (χ3n) is 2.34. The van der Waals surface area contributed by atoms with Gasteiger partial charge < -0.3 is 10.5 Å². The molecular formula is C13H8BrClFNOS. The molecule has 0 aliphatic rings. The molecule has 0 aliphatic carbocycles. The Morgan fingerprint density at radius 2 is 2.00 bits per heavy atom. The maximum Gasteiger partial charge on any atom is 0.141 e.